The molecule has 200 valence electrons. The zero-order chi connectivity index (χ0) is 26.7. The molecule has 0 unspecified atom stereocenters. The molecule has 8 nitrogen and oxygen atoms in total. The Kier molecular flexibility index (Phi) is 8.40. The molecule has 0 aliphatic carbocycles. The van der Waals surface area contributed by atoms with Crippen LogP contribution in [0.5, 0.6) is 5.75 Å². The van der Waals surface area contributed by atoms with Crippen molar-refractivity contribution in [3.05, 3.63) is 48.0 Å². The molecule has 0 bridgehead atoms. The van der Waals surface area contributed by atoms with E-state index in [0.717, 1.165) is 21.1 Å². The Morgan fingerprint density at radius 1 is 1.00 bits per heavy atom. The highest BCUT2D eigenvalue weighted by Crippen LogP contribution is 2.32. The second kappa shape index (κ2) is 11.4. The van der Waals surface area contributed by atoms with Crippen molar-refractivity contribution >= 4 is 42.6 Å². The second-order valence-corrected chi connectivity index (χ2v) is 13.2. The molecule has 4 rings (SSSR count). The van der Waals surface area contributed by atoms with Gasteiger partial charge in [-0.25, -0.2) is 13.4 Å². The van der Waals surface area contributed by atoms with Crippen molar-refractivity contribution in [3.63, 3.8) is 0 Å². The van der Waals surface area contributed by atoms with E-state index in [2.05, 4.69) is 4.90 Å². The fourth-order valence-electron chi connectivity index (χ4n) is 4.44. The Hall–Kier alpha value is -2.69. The summed E-state index contributed by atoms with van der Waals surface area (Å²) in [6.07, 6.45) is 0. The molecule has 0 atom stereocenters. The van der Waals surface area contributed by atoms with Gasteiger partial charge in [0.2, 0.25) is 10.0 Å². The lowest BCUT2D eigenvalue weighted by Gasteiger charge is -2.34. The first-order valence-corrected chi connectivity index (χ1v) is 14.9. The molecule has 1 aromatic heterocycles. The molecule has 1 saturated heterocycles. The van der Waals surface area contributed by atoms with E-state index in [9.17, 15) is 13.2 Å². The van der Waals surface area contributed by atoms with E-state index in [1.165, 1.54) is 0 Å². The van der Waals surface area contributed by atoms with Crippen LogP contribution < -0.4 is 9.64 Å². The first-order valence-electron chi connectivity index (χ1n) is 12.7. The highest BCUT2D eigenvalue weighted by Gasteiger charge is 2.27. The molecule has 37 heavy (non-hydrogen) atoms. The van der Waals surface area contributed by atoms with Gasteiger partial charge in [-0.15, -0.1) is 0 Å². The van der Waals surface area contributed by atoms with Gasteiger partial charge in [-0.1, -0.05) is 39.0 Å². The van der Waals surface area contributed by atoms with Gasteiger partial charge in [-0.3, -0.25) is 4.79 Å². The number of anilines is 1. The maximum Gasteiger partial charge on any atom is 0.253 e. The van der Waals surface area contributed by atoms with Crippen LogP contribution in [-0.2, 0) is 10.0 Å². The first-order chi connectivity index (χ1) is 17.6. The molecule has 1 aliphatic rings. The second-order valence-electron chi connectivity index (χ2n) is 10.2. The maximum atomic E-state index is 13.3. The van der Waals surface area contributed by atoms with Crippen molar-refractivity contribution in [1.29, 1.82) is 0 Å². The topological polar surface area (TPSA) is 83.0 Å². The Bertz CT molecular complexity index is 1320. The number of hydrogen-bond acceptors (Lipinski definition) is 7. The van der Waals surface area contributed by atoms with E-state index in [1.807, 2.05) is 50.8 Å². The van der Waals surface area contributed by atoms with Crippen LogP contribution in [0.25, 0.3) is 10.2 Å². The fourth-order valence-corrected chi connectivity index (χ4v) is 7.25. The third kappa shape index (κ3) is 6.25. The standard InChI is InChI=1S/C27H36N4O4S2/c1-19(2)17-31(18-20(3)4)37(33,34)23-9-6-21(7-10-23)26(32)29-12-14-30(15-13-29)27-28-24-11-8-22(35-5)16-25(24)36-27/h6-11,16,19-20H,12-15,17-18H2,1-5H3. The van der Waals surface area contributed by atoms with Gasteiger partial charge in [0.1, 0.15) is 5.75 Å². The number of aromatic nitrogens is 1. The first kappa shape index (κ1) is 27.3. The quantitative estimate of drug-likeness (QED) is 0.393. The van der Waals surface area contributed by atoms with Crippen LogP contribution >= 0.6 is 11.3 Å². The molecule has 2 aromatic carbocycles. The van der Waals surface area contributed by atoms with E-state index >= 15 is 0 Å². The Balaban J connectivity index is 1.41. The third-order valence-corrected chi connectivity index (χ3v) is 9.22. The van der Waals surface area contributed by atoms with Crippen LogP contribution in [0.3, 0.4) is 0 Å². The Morgan fingerprint density at radius 2 is 1.62 bits per heavy atom. The summed E-state index contributed by atoms with van der Waals surface area (Å²) < 4.78 is 34.5. The summed E-state index contributed by atoms with van der Waals surface area (Å²) in [5, 5.41) is 0.942. The lowest BCUT2D eigenvalue weighted by Crippen LogP contribution is -2.48. The predicted molar refractivity (Wildman–Crippen MR) is 149 cm³/mol. The summed E-state index contributed by atoms with van der Waals surface area (Å²) in [6, 6.07) is 12.2. The molecule has 2 heterocycles. The van der Waals surface area contributed by atoms with Gasteiger partial charge in [0.05, 0.1) is 22.2 Å². The lowest BCUT2D eigenvalue weighted by molar-refractivity contribution is 0.0746. The number of thiazole rings is 1. The molecule has 0 saturated carbocycles. The van der Waals surface area contributed by atoms with Crippen molar-refractivity contribution in [2.45, 2.75) is 32.6 Å². The largest absolute Gasteiger partial charge is 0.497 e. The normalized spacial score (nSPS) is 14.8. The van der Waals surface area contributed by atoms with Crippen LogP contribution in [0.1, 0.15) is 38.1 Å². The molecule has 3 aromatic rings. The Labute approximate surface area is 223 Å². The van der Waals surface area contributed by atoms with Crippen LogP contribution in [0.2, 0.25) is 0 Å². The highest BCUT2D eigenvalue weighted by atomic mass is 32.2. The van der Waals surface area contributed by atoms with Crippen LogP contribution in [0.4, 0.5) is 5.13 Å². The summed E-state index contributed by atoms with van der Waals surface area (Å²) in [7, 11) is -1.97. The summed E-state index contributed by atoms with van der Waals surface area (Å²) in [5.74, 6) is 1.17. The molecule has 1 fully saturated rings. The zero-order valence-electron chi connectivity index (χ0n) is 22.2. The SMILES string of the molecule is COc1ccc2nc(N3CCN(C(=O)c4ccc(S(=O)(=O)N(CC(C)C)CC(C)C)cc4)CC3)sc2c1. The molecule has 0 radical (unpaired) electrons. The minimum absolute atomic E-state index is 0.0844. The summed E-state index contributed by atoms with van der Waals surface area (Å²) >= 11 is 1.62. The smallest absolute Gasteiger partial charge is 0.253 e. The van der Waals surface area contributed by atoms with E-state index < -0.39 is 10.0 Å². The van der Waals surface area contributed by atoms with E-state index in [0.29, 0.717) is 44.8 Å². The molecule has 1 amide bonds. The Morgan fingerprint density at radius 3 is 2.19 bits per heavy atom. The molecule has 0 N–H and O–H groups in total. The average molecular weight is 545 g/mol. The van der Waals surface area contributed by atoms with Crippen LogP contribution in [0.15, 0.2) is 47.4 Å². The number of carbonyl (C=O) groups excluding carboxylic acids is 1. The van der Waals surface area contributed by atoms with Crippen molar-refractivity contribution in [3.8, 4) is 5.75 Å². The van der Waals surface area contributed by atoms with E-state index in [1.54, 1.807) is 47.0 Å². The molecular formula is C27H36N4O4S2. The highest BCUT2D eigenvalue weighted by molar-refractivity contribution is 7.89. The number of fused-ring (bicyclic) bond motifs is 1. The van der Waals surface area contributed by atoms with Crippen molar-refractivity contribution in [1.82, 2.24) is 14.2 Å². The predicted octanol–water partition coefficient (Wildman–Crippen LogP) is 4.57. The minimum atomic E-state index is -3.62. The summed E-state index contributed by atoms with van der Waals surface area (Å²) in [4.78, 5) is 22.2. The number of amides is 1. The van der Waals surface area contributed by atoms with E-state index in [4.69, 9.17) is 9.72 Å². The van der Waals surface area contributed by atoms with Crippen molar-refractivity contribution in [2.24, 2.45) is 11.8 Å². The van der Waals surface area contributed by atoms with Gasteiger partial charge in [-0.05, 0) is 54.3 Å². The van der Waals surface area contributed by atoms with Gasteiger partial charge in [0.25, 0.3) is 5.91 Å². The van der Waals surface area contributed by atoms with Gasteiger partial charge in [0.15, 0.2) is 5.13 Å². The van der Waals surface area contributed by atoms with Gasteiger partial charge in [0, 0.05) is 44.8 Å². The average Bonchev–Trinajstić information content (AvgIpc) is 3.31. The number of nitrogens with zero attached hydrogens (tertiary/aromatic N) is 4. The molecular weight excluding hydrogens is 508 g/mol. The number of ether oxygens (including phenoxy) is 1. The minimum Gasteiger partial charge on any atom is -0.497 e. The molecule has 1 aliphatic heterocycles. The van der Waals surface area contributed by atoms with Gasteiger partial charge >= 0.3 is 0 Å². The maximum absolute atomic E-state index is 13.3. The van der Waals surface area contributed by atoms with Crippen LogP contribution in [0, 0.1) is 11.8 Å². The third-order valence-electron chi connectivity index (χ3n) is 6.30. The van der Waals surface area contributed by atoms with E-state index in [-0.39, 0.29) is 22.6 Å². The van der Waals surface area contributed by atoms with Crippen LogP contribution in [-0.4, -0.2) is 74.9 Å². The zero-order valence-corrected chi connectivity index (χ0v) is 23.8. The number of carbonyl (C=O) groups is 1. The lowest BCUT2D eigenvalue weighted by atomic mass is 10.2. The number of rotatable bonds is 9. The number of sulfonamides is 1. The fraction of sp³-hybridized carbons (Fsp3) is 0.481. The number of piperazine rings is 1. The molecule has 0 spiro atoms. The summed E-state index contributed by atoms with van der Waals surface area (Å²) in [6.45, 7) is 11.5. The molecule has 10 heteroatoms. The summed E-state index contributed by atoms with van der Waals surface area (Å²) in [5.41, 5.74) is 1.44. The van der Waals surface area contributed by atoms with Crippen molar-refractivity contribution < 1.29 is 17.9 Å². The van der Waals surface area contributed by atoms with Gasteiger partial charge < -0.3 is 14.5 Å². The van der Waals surface area contributed by atoms with Crippen molar-refractivity contribution in [2.75, 3.05) is 51.3 Å². The monoisotopic (exact) mass is 544 g/mol. The number of hydrogen-bond donors (Lipinski definition) is 0. The van der Waals surface area contributed by atoms with Gasteiger partial charge in [-0.2, -0.15) is 4.31 Å². The number of benzene rings is 2. The number of methoxy groups -OCH3 is 1.